The van der Waals surface area contributed by atoms with Crippen molar-refractivity contribution in [3.05, 3.63) is 47.2 Å². The second kappa shape index (κ2) is 10.4. The molecule has 3 atom stereocenters. The van der Waals surface area contributed by atoms with Crippen molar-refractivity contribution in [1.29, 1.82) is 0 Å². The summed E-state index contributed by atoms with van der Waals surface area (Å²) in [6, 6.07) is 7.40. The molecule has 162 valence electrons. The largest absolute Gasteiger partial charge is 1.00 e. The van der Waals surface area contributed by atoms with Gasteiger partial charge in [0.1, 0.15) is 11.4 Å². The van der Waals surface area contributed by atoms with Gasteiger partial charge in [-0.2, -0.15) is 0 Å². The zero-order chi connectivity index (χ0) is 22.1. The molecule has 2 aliphatic rings. The summed E-state index contributed by atoms with van der Waals surface area (Å²) in [5.74, 6) is -2.14. The van der Waals surface area contributed by atoms with Crippen LogP contribution in [-0.2, 0) is 21.4 Å². The average Bonchev–Trinajstić information content (AvgIpc) is 3.19. The minimum Gasteiger partial charge on any atom is -0.543 e. The fourth-order valence-corrected chi connectivity index (χ4v) is 5.63. The minimum absolute atomic E-state index is 0. The molecular formula is C18H17N6NaO5S2. The summed E-state index contributed by atoms with van der Waals surface area (Å²) in [7, 11) is 1.66. The number of amides is 2. The first-order valence-electron chi connectivity index (χ1n) is 9.15. The number of carbonyl (C=O) groups is 3. The van der Waals surface area contributed by atoms with E-state index in [4.69, 9.17) is 0 Å². The number of hydrogen-bond acceptors (Lipinski definition) is 10. The second-order valence-corrected chi connectivity index (χ2v) is 8.87. The molecule has 0 spiro atoms. The Kier molecular flexibility index (Phi) is 8.01. The van der Waals surface area contributed by atoms with Crippen LogP contribution in [0, 0.1) is 0 Å². The van der Waals surface area contributed by atoms with Crippen LogP contribution in [-0.4, -0.2) is 70.9 Å². The number of nitrogens with one attached hydrogen (secondary N) is 1. The average molecular weight is 484 g/mol. The molecule has 14 heteroatoms. The quantitative estimate of drug-likeness (QED) is 0.223. The number of carboxylic acid groups (broad SMARTS) is 1. The van der Waals surface area contributed by atoms with Crippen molar-refractivity contribution in [1.82, 2.24) is 30.4 Å². The fraction of sp³-hybridized carbons (Fsp3) is 0.333. The molecule has 2 amide bonds. The minimum atomic E-state index is -1.46. The Morgan fingerprint density at radius 3 is 2.72 bits per heavy atom. The van der Waals surface area contributed by atoms with Gasteiger partial charge in [0, 0.05) is 18.6 Å². The molecule has 1 aromatic heterocycles. The van der Waals surface area contributed by atoms with Gasteiger partial charge in [-0.3, -0.25) is 14.5 Å². The zero-order valence-electron chi connectivity index (χ0n) is 17.2. The number of nitrogens with zero attached hydrogens (tertiary/aromatic N) is 5. The van der Waals surface area contributed by atoms with Gasteiger partial charge in [0.15, 0.2) is 6.10 Å². The van der Waals surface area contributed by atoms with E-state index >= 15 is 0 Å². The number of carbonyl (C=O) groups excluding carboxylic acids is 3. The molecule has 0 aliphatic carbocycles. The molecule has 1 aromatic carbocycles. The zero-order valence-corrected chi connectivity index (χ0v) is 20.8. The van der Waals surface area contributed by atoms with Crippen LogP contribution in [0.4, 0.5) is 0 Å². The number of rotatable bonds is 7. The summed E-state index contributed by atoms with van der Waals surface area (Å²) in [6.45, 7) is 0. The molecule has 3 heterocycles. The number of carboxylic acids is 1. The molecule has 2 N–H and O–H groups in total. The Bertz CT molecular complexity index is 1070. The predicted molar refractivity (Wildman–Crippen MR) is 108 cm³/mol. The molecule has 11 nitrogen and oxygen atoms in total. The first-order chi connectivity index (χ1) is 14.9. The number of aliphatic hydroxyl groups is 1. The topological polar surface area (TPSA) is 153 Å². The number of aliphatic carboxylic acids is 1. The van der Waals surface area contributed by atoms with Crippen LogP contribution >= 0.6 is 23.5 Å². The fourth-order valence-electron chi connectivity index (χ4n) is 3.30. The van der Waals surface area contributed by atoms with Gasteiger partial charge in [-0.15, -0.1) is 16.9 Å². The van der Waals surface area contributed by atoms with E-state index in [-0.39, 0.29) is 41.0 Å². The maximum absolute atomic E-state index is 12.7. The van der Waals surface area contributed by atoms with E-state index in [1.165, 1.54) is 28.2 Å². The number of thioether (sulfide) groups is 2. The number of tetrazole rings is 1. The molecule has 2 aromatic rings. The van der Waals surface area contributed by atoms with Crippen molar-refractivity contribution in [2.75, 3.05) is 11.5 Å². The number of benzene rings is 1. The van der Waals surface area contributed by atoms with Crippen molar-refractivity contribution >= 4 is 41.3 Å². The first kappa shape index (κ1) is 24.7. The van der Waals surface area contributed by atoms with Crippen molar-refractivity contribution in [3.63, 3.8) is 0 Å². The molecule has 4 rings (SSSR count). The van der Waals surface area contributed by atoms with E-state index in [9.17, 15) is 24.6 Å². The third-order valence-electron chi connectivity index (χ3n) is 4.86. The molecule has 1 saturated heterocycles. The molecule has 2 aliphatic heterocycles. The van der Waals surface area contributed by atoms with E-state index in [2.05, 4.69) is 20.8 Å². The van der Waals surface area contributed by atoms with Gasteiger partial charge in [0.25, 0.3) is 11.8 Å². The molecule has 32 heavy (non-hydrogen) atoms. The second-order valence-electron chi connectivity index (χ2n) is 6.82. The van der Waals surface area contributed by atoms with Gasteiger partial charge >= 0.3 is 29.6 Å². The van der Waals surface area contributed by atoms with Crippen molar-refractivity contribution in [2.45, 2.75) is 22.7 Å². The standard InChI is InChI=1S/C18H18N6O5S2.Na/c1-23-18(20-21-22-23)31-8-10-7-30-16-11(15(27)24(16)12(10)17(28)29)19-14(26)13(25)9-5-3-2-4-6-9;/h2-6,11,13,16,25H,7-8H2,1H3,(H,19,26)(H,28,29);/q;+1/p-1/t11-,13+,16+;/m0./s1. The summed E-state index contributed by atoms with van der Waals surface area (Å²) < 4.78 is 1.46. The number of hydrogen-bond donors (Lipinski definition) is 2. The number of fused-ring (bicyclic) bond motifs is 1. The number of aryl methyl sites for hydroxylation is 1. The third-order valence-corrected chi connectivity index (χ3v) is 7.30. The van der Waals surface area contributed by atoms with Crippen molar-refractivity contribution in [3.8, 4) is 0 Å². The smallest absolute Gasteiger partial charge is 0.543 e. The summed E-state index contributed by atoms with van der Waals surface area (Å²) in [5.41, 5.74) is 0.718. The Balaban J connectivity index is 0.00000289. The molecule has 0 saturated carbocycles. The van der Waals surface area contributed by atoms with Crippen LogP contribution in [0.2, 0.25) is 0 Å². The number of aromatic nitrogens is 4. The van der Waals surface area contributed by atoms with E-state index in [1.807, 2.05) is 0 Å². The summed E-state index contributed by atoms with van der Waals surface area (Å²) >= 11 is 2.58. The van der Waals surface area contributed by atoms with E-state index in [0.717, 1.165) is 4.90 Å². The van der Waals surface area contributed by atoms with Crippen molar-refractivity contribution in [2.24, 2.45) is 7.05 Å². The maximum atomic E-state index is 12.7. The monoisotopic (exact) mass is 484 g/mol. The summed E-state index contributed by atoms with van der Waals surface area (Å²) in [6.07, 6.45) is -1.43. The molecule has 1 fully saturated rings. The molecular weight excluding hydrogens is 467 g/mol. The summed E-state index contributed by atoms with van der Waals surface area (Å²) in [4.78, 5) is 38.0. The van der Waals surface area contributed by atoms with E-state index in [1.54, 1.807) is 37.4 Å². The third kappa shape index (κ3) is 4.72. The molecule has 0 bridgehead atoms. The van der Waals surface area contributed by atoms with Crippen LogP contribution in [0.3, 0.4) is 0 Å². The SMILES string of the molecule is Cn1nnnc1SCC1=C(C(=O)[O-])N2C(=O)[C@H](NC(=O)[C@H](O)c3ccccc3)[C@H]2SC1.[Na+]. The Labute approximate surface area is 213 Å². The predicted octanol–water partition coefficient (Wildman–Crippen LogP) is -4.56. The van der Waals surface area contributed by atoms with Crippen LogP contribution < -0.4 is 40.0 Å². The van der Waals surface area contributed by atoms with Crippen LogP contribution in [0.25, 0.3) is 0 Å². The van der Waals surface area contributed by atoms with Crippen molar-refractivity contribution < 1.29 is 54.2 Å². The van der Waals surface area contributed by atoms with Gasteiger partial charge in [-0.25, -0.2) is 4.68 Å². The Hall–Kier alpha value is -1.90. The Morgan fingerprint density at radius 1 is 1.38 bits per heavy atom. The first-order valence-corrected chi connectivity index (χ1v) is 11.2. The summed E-state index contributed by atoms with van der Waals surface area (Å²) in [5, 5.41) is 35.6. The van der Waals surface area contributed by atoms with Gasteiger partial charge < -0.3 is 20.3 Å². The van der Waals surface area contributed by atoms with E-state index in [0.29, 0.717) is 22.0 Å². The van der Waals surface area contributed by atoms with Gasteiger partial charge in [0.05, 0.1) is 11.7 Å². The van der Waals surface area contributed by atoms with Gasteiger partial charge in [-0.05, 0) is 21.6 Å². The van der Waals surface area contributed by atoms with Gasteiger partial charge in [-0.1, -0.05) is 42.1 Å². The Morgan fingerprint density at radius 2 is 2.09 bits per heavy atom. The maximum Gasteiger partial charge on any atom is 1.00 e. The normalized spacial score (nSPS) is 20.7. The number of β-lactam (4-membered cyclic amide) rings is 1. The number of aliphatic hydroxyl groups excluding tert-OH is 1. The van der Waals surface area contributed by atoms with Crippen LogP contribution in [0.15, 0.2) is 46.8 Å². The van der Waals surface area contributed by atoms with Crippen LogP contribution in [0.1, 0.15) is 11.7 Å². The van der Waals surface area contributed by atoms with Crippen LogP contribution in [0.5, 0.6) is 0 Å². The molecule has 0 unspecified atom stereocenters. The van der Waals surface area contributed by atoms with E-state index < -0.39 is 35.3 Å². The van der Waals surface area contributed by atoms with Gasteiger partial charge in [0.2, 0.25) is 5.16 Å². The molecule has 0 radical (unpaired) electrons.